The monoisotopic (exact) mass is 552 g/mol. The summed E-state index contributed by atoms with van der Waals surface area (Å²) in [6, 6.07) is 13.9. The van der Waals surface area contributed by atoms with Gasteiger partial charge in [-0.1, -0.05) is 53.5 Å². The minimum Gasteiger partial charge on any atom is -0.468 e. The summed E-state index contributed by atoms with van der Waals surface area (Å²) >= 11 is 12.4. The van der Waals surface area contributed by atoms with E-state index in [2.05, 4.69) is 4.72 Å². The SMILES string of the molecule is O=C(OC(C(=O)N1CCOCC1)c1ccccc1)c1cc(S(=O)(=O)NCc2ccco2)c(Cl)cc1Cl. The molecule has 4 rings (SSSR count). The third-order valence-electron chi connectivity index (χ3n) is 5.42. The van der Waals surface area contributed by atoms with E-state index in [9.17, 15) is 18.0 Å². The first kappa shape index (κ1) is 26.2. The topological polar surface area (TPSA) is 115 Å². The van der Waals surface area contributed by atoms with Crippen LogP contribution >= 0.6 is 23.2 Å². The Morgan fingerprint density at radius 2 is 1.75 bits per heavy atom. The van der Waals surface area contributed by atoms with Crippen LogP contribution in [0.1, 0.15) is 27.8 Å². The molecule has 1 fully saturated rings. The molecule has 190 valence electrons. The quantitative estimate of drug-likeness (QED) is 0.422. The number of benzene rings is 2. The fourth-order valence-corrected chi connectivity index (χ4v) is 5.40. The number of nitrogens with zero attached hydrogens (tertiary/aromatic N) is 1. The van der Waals surface area contributed by atoms with Crippen LogP contribution in [0.15, 0.2) is 70.2 Å². The van der Waals surface area contributed by atoms with Crippen molar-refractivity contribution in [3.05, 3.63) is 87.8 Å². The van der Waals surface area contributed by atoms with Crippen LogP contribution in [0.25, 0.3) is 0 Å². The molecule has 1 amide bonds. The number of carbonyl (C=O) groups excluding carboxylic acids is 2. The summed E-state index contributed by atoms with van der Waals surface area (Å²) in [5.74, 6) is -1.01. The van der Waals surface area contributed by atoms with Gasteiger partial charge in [0.15, 0.2) is 0 Å². The average molecular weight is 553 g/mol. The molecule has 1 unspecified atom stereocenters. The van der Waals surface area contributed by atoms with Gasteiger partial charge in [-0.05, 0) is 24.3 Å². The maximum absolute atomic E-state index is 13.3. The van der Waals surface area contributed by atoms with E-state index in [-0.39, 0.29) is 27.0 Å². The summed E-state index contributed by atoms with van der Waals surface area (Å²) in [6.45, 7) is 1.32. The summed E-state index contributed by atoms with van der Waals surface area (Å²) in [7, 11) is -4.15. The summed E-state index contributed by atoms with van der Waals surface area (Å²) in [5, 5.41) is -0.312. The van der Waals surface area contributed by atoms with Crippen molar-refractivity contribution in [1.82, 2.24) is 9.62 Å². The van der Waals surface area contributed by atoms with Crippen molar-refractivity contribution in [3.63, 3.8) is 0 Å². The molecule has 2 aromatic carbocycles. The van der Waals surface area contributed by atoms with Gasteiger partial charge in [-0.3, -0.25) is 4.79 Å². The molecule has 3 aromatic rings. The zero-order chi connectivity index (χ0) is 25.7. The molecular weight excluding hydrogens is 531 g/mol. The Kier molecular flexibility index (Phi) is 8.32. The molecule has 1 aromatic heterocycles. The first-order valence-electron chi connectivity index (χ1n) is 10.9. The van der Waals surface area contributed by atoms with E-state index in [0.717, 1.165) is 12.1 Å². The van der Waals surface area contributed by atoms with Gasteiger partial charge in [-0.25, -0.2) is 17.9 Å². The van der Waals surface area contributed by atoms with E-state index < -0.39 is 28.0 Å². The normalized spacial score (nSPS) is 14.9. The number of ether oxygens (including phenoxy) is 2. The van der Waals surface area contributed by atoms with Crippen LogP contribution < -0.4 is 4.72 Å². The third kappa shape index (κ3) is 6.08. The van der Waals surface area contributed by atoms with Crippen molar-refractivity contribution >= 4 is 45.1 Å². The van der Waals surface area contributed by atoms with Crippen LogP contribution in [0.5, 0.6) is 0 Å². The lowest BCUT2D eigenvalue weighted by atomic mass is 10.1. The van der Waals surface area contributed by atoms with Crippen molar-refractivity contribution in [2.45, 2.75) is 17.5 Å². The number of hydrogen-bond acceptors (Lipinski definition) is 7. The minimum absolute atomic E-state index is 0.124. The Balaban J connectivity index is 1.61. The van der Waals surface area contributed by atoms with Gasteiger partial charge >= 0.3 is 5.97 Å². The second-order valence-electron chi connectivity index (χ2n) is 7.80. The number of carbonyl (C=O) groups is 2. The Hall–Kier alpha value is -2.89. The molecule has 1 aliphatic heterocycles. The number of esters is 1. The van der Waals surface area contributed by atoms with Crippen molar-refractivity contribution in [1.29, 1.82) is 0 Å². The fourth-order valence-electron chi connectivity index (χ4n) is 3.56. The first-order valence-corrected chi connectivity index (χ1v) is 13.1. The molecule has 1 N–H and O–H groups in total. The second kappa shape index (κ2) is 11.4. The number of halogens is 2. The predicted octanol–water partition coefficient (Wildman–Crippen LogP) is 3.82. The van der Waals surface area contributed by atoms with Gasteiger partial charge in [0, 0.05) is 18.7 Å². The highest BCUT2D eigenvalue weighted by molar-refractivity contribution is 7.89. The molecule has 1 saturated heterocycles. The molecule has 2 heterocycles. The van der Waals surface area contributed by atoms with E-state index in [0.29, 0.717) is 37.6 Å². The van der Waals surface area contributed by atoms with E-state index in [1.807, 2.05) is 0 Å². The molecule has 1 atom stereocenters. The van der Waals surface area contributed by atoms with E-state index >= 15 is 0 Å². The standard InChI is InChI=1S/C24H22Cl2N2O7S/c25-19-14-20(26)21(36(31,32)27-15-17-7-4-10-34-17)13-18(19)24(30)35-22(16-5-2-1-3-6-16)23(29)28-8-11-33-12-9-28/h1-7,10,13-14,22,27H,8-9,11-12,15H2. The Bertz CT molecular complexity index is 1330. The van der Waals surface area contributed by atoms with Crippen molar-refractivity contribution < 1.29 is 31.9 Å². The van der Waals surface area contributed by atoms with E-state index in [4.69, 9.17) is 37.1 Å². The Morgan fingerprint density at radius 1 is 1.03 bits per heavy atom. The fraction of sp³-hybridized carbons (Fsp3) is 0.250. The molecule has 9 nitrogen and oxygen atoms in total. The molecule has 0 spiro atoms. The van der Waals surface area contributed by atoms with Crippen LogP contribution in [0.2, 0.25) is 10.0 Å². The number of morpholine rings is 1. The summed E-state index contributed by atoms with van der Waals surface area (Å²) in [5.41, 5.74) is 0.204. The van der Waals surface area contributed by atoms with Gasteiger partial charge in [0.05, 0.1) is 41.6 Å². The highest BCUT2D eigenvalue weighted by Crippen LogP contribution is 2.31. The maximum Gasteiger partial charge on any atom is 0.340 e. The number of amides is 1. The van der Waals surface area contributed by atoms with Crippen LogP contribution in [0.4, 0.5) is 0 Å². The van der Waals surface area contributed by atoms with E-state index in [1.165, 1.54) is 6.26 Å². The van der Waals surface area contributed by atoms with Gasteiger partial charge in [0.2, 0.25) is 16.1 Å². The van der Waals surface area contributed by atoms with E-state index in [1.54, 1.807) is 47.4 Å². The molecule has 0 radical (unpaired) electrons. The molecule has 36 heavy (non-hydrogen) atoms. The van der Waals surface area contributed by atoms with Crippen LogP contribution in [0.3, 0.4) is 0 Å². The lowest BCUT2D eigenvalue weighted by molar-refractivity contribution is -0.145. The molecule has 1 aliphatic rings. The zero-order valence-electron chi connectivity index (χ0n) is 18.9. The van der Waals surface area contributed by atoms with Crippen molar-refractivity contribution in [2.75, 3.05) is 26.3 Å². The second-order valence-corrected chi connectivity index (χ2v) is 10.3. The minimum atomic E-state index is -4.15. The lowest BCUT2D eigenvalue weighted by Gasteiger charge is -2.30. The molecule has 0 saturated carbocycles. The van der Waals surface area contributed by atoms with Gasteiger partial charge < -0.3 is 18.8 Å². The lowest BCUT2D eigenvalue weighted by Crippen LogP contribution is -2.44. The number of nitrogens with one attached hydrogen (secondary N) is 1. The van der Waals surface area contributed by atoms with Gasteiger partial charge in [0.1, 0.15) is 10.7 Å². The Labute approximate surface area is 217 Å². The highest BCUT2D eigenvalue weighted by Gasteiger charge is 2.32. The van der Waals surface area contributed by atoms with Crippen molar-refractivity contribution in [3.8, 4) is 0 Å². The number of sulfonamides is 1. The predicted molar refractivity (Wildman–Crippen MR) is 131 cm³/mol. The summed E-state index contributed by atoms with van der Waals surface area (Å²) < 4.78 is 44.2. The van der Waals surface area contributed by atoms with Crippen LogP contribution in [-0.2, 0) is 30.8 Å². The summed E-state index contributed by atoms with van der Waals surface area (Å²) in [4.78, 5) is 27.6. The molecular formula is C24H22Cl2N2O7S. The average Bonchev–Trinajstić information content (AvgIpc) is 3.40. The number of furan rings is 1. The highest BCUT2D eigenvalue weighted by atomic mass is 35.5. The first-order chi connectivity index (χ1) is 17.3. The zero-order valence-corrected chi connectivity index (χ0v) is 21.2. The van der Waals surface area contributed by atoms with Gasteiger partial charge in [-0.15, -0.1) is 0 Å². The molecule has 0 bridgehead atoms. The number of hydrogen-bond donors (Lipinski definition) is 1. The molecule has 12 heteroatoms. The third-order valence-corrected chi connectivity index (χ3v) is 7.60. The van der Waals surface area contributed by atoms with Crippen molar-refractivity contribution in [2.24, 2.45) is 0 Å². The summed E-state index contributed by atoms with van der Waals surface area (Å²) in [6.07, 6.45) is 0.148. The number of rotatable bonds is 8. The van der Waals surface area contributed by atoms with Crippen LogP contribution in [-0.4, -0.2) is 51.5 Å². The smallest absolute Gasteiger partial charge is 0.340 e. The molecule has 0 aliphatic carbocycles. The van der Waals surface area contributed by atoms with Gasteiger partial charge in [-0.2, -0.15) is 0 Å². The Morgan fingerprint density at radius 3 is 2.42 bits per heavy atom. The largest absolute Gasteiger partial charge is 0.468 e. The van der Waals surface area contributed by atoms with Gasteiger partial charge in [0.25, 0.3) is 5.91 Å². The maximum atomic E-state index is 13.3. The van der Waals surface area contributed by atoms with Crippen LogP contribution in [0, 0.1) is 0 Å².